The monoisotopic (exact) mass is 364 g/mol. The Kier molecular flexibility index (Phi) is 5.81. The quantitative estimate of drug-likeness (QED) is 0.628. The summed E-state index contributed by atoms with van der Waals surface area (Å²) in [5.74, 6) is -0.364. The molecule has 0 fully saturated rings. The zero-order valence-corrected chi connectivity index (χ0v) is 15.3. The first-order chi connectivity index (χ1) is 12.6. The van der Waals surface area contributed by atoms with Gasteiger partial charge in [0.15, 0.2) is 5.11 Å². The molecule has 1 heterocycles. The molecule has 1 aliphatic heterocycles. The fourth-order valence-corrected chi connectivity index (χ4v) is 3.00. The van der Waals surface area contributed by atoms with E-state index in [0.29, 0.717) is 16.4 Å². The Morgan fingerprint density at radius 1 is 1.12 bits per heavy atom. The van der Waals surface area contributed by atoms with Crippen molar-refractivity contribution in [2.75, 3.05) is 0 Å². The fourth-order valence-electron chi connectivity index (χ4n) is 2.72. The second kappa shape index (κ2) is 8.45. The van der Waals surface area contributed by atoms with Gasteiger partial charge in [0.05, 0.1) is 11.6 Å². The van der Waals surface area contributed by atoms with E-state index in [0.717, 1.165) is 11.1 Å². The van der Waals surface area contributed by atoms with Crippen molar-refractivity contribution in [3.05, 3.63) is 89.1 Å². The topological polar surface area (TPSA) is 50.4 Å². The fraction of sp³-hybridized carbons (Fsp3) is 0.143. The van der Waals surface area contributed by atoms with Gasteiger partial charge < -0.3 is 15.4 Å². The number of benzene rings is 2. The Balaban J connectivity index is 1.76. The molecule has 5 heteroatoms. The maximum atomic E-state index is 12.7. The van der Waals surface area contributed by atoms with E-state index in [2.05, 4.69) is 10.6 Å². The number of nitrogens with one attached hydrogen (secondary N) is 2. The lowest BCUT2D eigenvalue weighted by Gasteiger charge is -2.27. The van der Waals surface area contributed by atoms with Gasteiger partial charge in [-0.05, 0) is 30.3 Å². The SMILES string of the molecule is CC1=C(C(=O)OCc2ccccc2)[C@@H](/C=C/c2ccccc2)NC(=S)N1. The van der Waals surface area contributed by atoms with Gasteiger partial charge in [-0.2, -0.15) is 0 Å². The van der Waals surface area contributed by atoms with Crippen LogP contribution in [0.3, 0.4) is 0 Å². The largest absolute Gasteiger partial charge is 0.457 e. The van der Waals surface area contributed by atoms with Crippen molar-refractivity contribution in [3.63, 3.8) is 0 Å². The summed E-state index contributed by atoms with van der Waals surface area (Å²) in [6, 6.07) is 19.2. The van der Waals surface area contributed by atoms with Crippen molar-refractivity contribution >= 4 is 29.4 Å². The first-order valence-corrected chi connectivity index (χ1v) is 8.77. The van der Waals surface area contributed by atoms with Gasteiger partial charge in [-0.15, -0.1) is 0 Å². The van der Waals surface area contributed by atoms with E-state index < -0.39 is 0 Å². The summed E-state index contributed by atoms with van der Waals surface area (Å²) in [5.41, 5.74) is 3.23. The normalized spacial score (nSPS) is 17.0. The maximum absolute atomic E-state index is 12.7. The number of rotatable bonds is 5. The average Bonchev–Trinajstić information content (AvgIpc) is 2.66. The lowest BCUT2D eigenvalue weighted by molar-refractivity contribution is -0.140. The summed E-state index contributed by atoms with van der Waals surface area (Å²) in [6.07, 6.45) is 3.88. The van der Waals surface area contributed by atoms with Crippen LogP contribution in [-0.2, 0) is 16.1 Å². The molecule has 1 atom stereocenters. The molecule has 0 saturated carbocycles. The van der Waals surface area contributed by atoms with Crippen LogP contribution in [0.2, 0.25) is 0 Å². The first-order valence-electron chi connectivity index (χ1n) is 8.36. The van der Waals surface area contributed by atoms with E-state index in [1.807, 2.05) is 79.7 Å². The Morgan fingerprint density at radius 2 is 1.77 bits per heavy atom. The number of ether oxygens (including phenoxy) is 1. The molecular formula is C21H20N2O2S. The molecule has 26 heavy (non-hydrogen) atoms. The van der Waals surface area contributed by atoms with Crippen LogP contribution in [0.4, 0.5) is 0 Å². The minimum Gasteiger partial charge on any atom is -0.457 e. The van der Waals surface area contributed by atoms with Crippen LogP contribution in [0.5, 0.6) is 0 Å². The molecule has 0 spiro atoms. The van der Waals surface area contributed by atoms with Crippen molar-refractivity contribution < 1.29 is 9.53 Å². The van der Waals surface area contributed by atoms with E-state index in [1.54, 1.807) is 0 Å². The van der Waals surface area contributed by atoms with E-state index in [1.165, 1.54) is 0 Å². The van der Waals surface area contributed by atoms with Crippen LogP contribution in [-0.4, -0.2) is 17.1 Å². The molecule has 0 saturated heterocycles. The van der Waals surface area contributed by atoms with Gasteiger partial charge in [-0.3, -0.25) is 0 Å². The van der Waals surface area contributed by atoms with Crippen molar-refractivity contribution in [1.29, 1.82) is 0 Å². The van der Waals surface area contributed by atoms with Crippen molar-refractivity contribution in [2.45, 2.75) is 19.6 Å². The standard InChI is InChI=1S/C21H20N2O2S/c1-15-19(20(24)25-14-17-10-6-3-7-11-17)18(23-21(26)22-15)13-12-16-8-4-2-5-9-16/h2-13,18H,14H2,1H3,(H2,22,23,26)/b13-12+/t18-/m1/s1. The van der Waals surface area contributed by atoms with Crippen LogP contribution in [0.1, 0.15) is 18.1 Å². The number of carbonyl (C=O) groups is 1. The Morgan fingerprint density at radius 3 is 2.46 bits per heavy atom. The molecule has 0 radical (unpaired) electrons. The molecule has 0 aromatic heterocycles. The second-order valence-electron chi connectivity index (χ2n) is 5.95. The maximum Gasteiger partial charge on any atom is 0.338 e. The second-order valence-corrected chi connectivity index (χ2v) is 6.35. The summed E-state index contributed by atoms with van der Waals surface area (Å²) in [7, 11) is 0. The molecule has 2 N–H and O–H groups in total. The Hall–Kier alpha value is -2.92. The third kappa shape index (κ3) is 4.58. The van der Waals surface area contributed by atoms with Crippen LogP contribution < -0.4 is 10.6 Å². The molecule has 3 rings (SSSR count). The highest BCUT2D eigenvalue weighted by Gasteiger charge is 2.27. The predicted molar refractivity (Wildman–Crippen MR) is 107 cm³/mol. The van der Waals surface area contributed by atoms with Crippen molar-refractivity contribution in [1.82, 2.24) is 10.6 Å². The van der Waals surface area contributed by atoms with Crippen LogP contribution >= 0.6 is 12.2 Å². The molecule has 1 aliphatic rings. The predicted octanol–water partition coefficient (Wildman–Crippen LogP) is 3.56. The third-order valence-corrected chi connectivity index (χ3v) is 4.24. The third-order valence-electron chi connectivity index (χ3n) is 4.02. The summed E-state index contributed by atoms with van der Waals surface area (Å²) < 4.78 is 5.50. The van der Waals surface area contributed by atoms with Crippen LogP contribution in [0.25, 0.3) is 6.08 Å². The molecule has 0 aliphatic carbocycles. The van der Waals surface area contributed by atoms with Gasteiger partial charge in [0.1, 0.15) is 6.61 Å². The number of hydrogen-bond acceptors (Lipinski definition) is 3. The van der Waals surface area contributed by atoms with Crippen molar-refractivity contribution in [3.8, 4) is 0 Å². The van der Waals surface area contributed by atoms with Gasteiger partial charge in [0, 0.05) is 5.70 Å². The minimum absolute atomic E-state index is 0.232. The van der Waals surface area contributed by atoms with E-state index in [-0.39, 0.29) is 18.6 Å². The highest BCUT2D eigenvalue weighted by atomic mass is 32.1. The summed E-state index contributed by atoms with van der Waals surface area (Å²) >= 11 is 5.23. The highest BCUT2D eigenvalue weighted by molar-refractivity contribution is 7.80. The Labute approximate surface area is 158 Å². The van der Waals surface area contributed by atoms with Gasteiger partial charge >= 0.3 is 5.97 Å². The molecule has 0 bridgehead atoms. The number of thiocarbonyl (C=S) groups is 1. The van der Waals surface area contributed by atoms with Crippen LogP contribution in [0.15, 0.2) is 78.0 Å². The van der Waals surface area contributed by atoms with E-state index in [9.17, 15) is 4.79 Å². The van der Waals surface area contributed by atoms with Gasteiger partial charge in [0.25, 0.3) is 0 Å². The van der Waals surface area contributed by atoms with Gasteiger partial charge in [-0.1, -0.05) is 72.8 Å². The number of esters is 1. The molecule has 2 aromatic carbocycles. The van der Waals surface area contributed by atoms with Crippen LogP contribution in [0, 0.1) is 0 Å². The molecule has 132 valence electrons. The average molecular weight is 364 g/mol. The highest BCUT2D eigenvalue weighted by Crippen LogP contribution is 2.17. The minimum atomic E-state index is -0.364. The summed E-state index contributed by atoms with van der Waals surface area (Å²) in [6.45, 7) is 2.06. The number of carbonyl (C=O) groups excluding carboxylic acids is 1. The molecule has 4 nitrogen and oxygen atoms in total. The zero-order chi connectivity index (χ0) is 18.4. The molecular weight excluding hydrogens is 344 g/mol. The summed E-state index contributed by atoms with van der Waals surface area (Å²) in [4.78, 5) is 12.7. The lowest BCUT2D eigenvalue weighted by Crippen LogP contribution is -2.48. The molecule has 0 amide bonds. The molecule has 2 aromatic rings. The van der Waals surface area contributed by atoms with Crippen molar-refractivity contribution in [2.24, 2.45) is 0 Å². The van der Waals surface area contributed by atoms with E-state index in [4.69, 9.17) is 17.0 Å². The summed E-state index contributed by atoms with van der Waals surface area (Å²) in [5, 5.41) is 6.61. The Bertz CT molecular complexity index is 845. The first kappa shape index (κ1) is 17.9. The zero-order valence-electron chi connectivity index (χ0n) is 14.4. The smallest absolute Gasteiger partial charge is 0.338 e. The molecule has 0 unspecified atom stereocenters. The number of allylic oxidation sites excluding steroid dienone is 1. The van der Waals surface area contributed by atoms with Gasteiger partial charge in [0.2, 0.25) is 0 Å². The van der Waals surface area contributed by atoms with Gasteiger partial charge in [-0.25, -0.2) is 4.79 Å². The van der Waals surface area contributed by atoms with E-state index >= 15 is 0 Å². The lowest BCUT2D eigenvalue weighted by atomic mass is 10.0. The number of hydrogen-bond donors (Lipinski definition) is 2.